The highest BCUT2D eigenvalue weighted by Crippen LogP contribution is 2.27. The van der Waals surface area contributed by atoms with Gasteiger partial charge in [-0.2, -0.15) is 0 Å². The molecule has 0 radical (unpaired) electrons. The monoisotopic (exact) mass is 436 g/mol. The number of benzene rings is 2. The number of para-hydroxylation sites is 2. The number of anilines is 2. The summed E-state index contributed by atoms with van der Waals surface area (Å²) in [5.74, 6) is -0.0813. The number of rotatable bonds is 6. The van der Waals surface area contributed by atoms with Crippen LogP contribution in [-0.4, -0.2) is 57.7 Å². The Morgan fingerprint density at radius 1 is 1.10 bits per heavy atom. The number of nitrogens with two attached hydrogens (primary N) is 1. The van der Waals surface area contributed by atoms with E-state index in [1.54, 1.807) is 29.2 Å². The fourth-order valence-electron chi connectivity index (χ4n) is 3.40. The molecule has 29 heavy (non-hydrogen) atoms. The minimum atomic E-state index is -3.37. The molecular formula is C20H25ClN4O3S. The molecule has 7 nitrogen and oxygen atoms in total. The number of hydrogen-bond donors (Lipinski definition) is 2. The van der Waals surface area contributed by atoms with Gasteiger partial charge >= 0.3 is 0 Å². The maximum atomic E-state index is 12.7. The van der Waals surface area contributed by atoms with Gasteiger partial charge in [0.1, 0.15) is 0 Å². The van der Waals surface area contributed by atoms with E-state index in [1.165, 1.54) is 0 Å². The highest BCUT2D eigenvalue weighted by molar-refractivity contribution is 7.92. The number of sulfonamides is 1. The van der Waals surface area contributed by atoms with Gasteiger partial charge in [0.05, 0.1) is 23.7 Å². The molecule has 1 fully saturated rings. The Labute approximate surface area is 176 Å². The largest absolute Gasteiger partial charge is 0.366 e. The molecule has 9 heteroatoms. The molecule has 0 saturated carbocycles. The molecule has 0 unspecified atom stereocenters. The first-order chi connectivity index (χ1) is 13.7. The fraction of sp³-hybridized carbons (Fsp3) is 0.350. The molecule has 3 rings (SSSR count). The Bertz CT molecular complexity index is 958. The van der Waals surface area contributed by atoms with Crippen LogP contribution >= 0.6 is 11.6 Å². The van der Waals surface area contributed by atoms with E-state index in [0.717, 1.165) is 17.5 Å². The topological polar surface area (TPSA) is 95.7 Å². The van der Waals surface area contributed by atoms with Crippen LogP contribution in [0.3, 0.4) is 0 Å². The number of halogens is 1. The van der Waals surface area contributed by atoms with Crippen molar-refractivity contribution in [3.8, 4) is 0 Å². The first kappa shape index (κ1) is 21.4. The molecule has 2 aromatic carbocycles. The lowest BCUT2D eigenvalue weighted by molar-refractivity contribution is -0.132. The molecule has 2 aromatic rings. The van der Waals surface area contributed by atoms with Crippen LogP contribution in [0.5, 0.6) is 0 Å². The zero-order chi connectivity index (χ0) is 21.0. The number of carbonyl (C=O) groups excluding carboxylic acids is 1. The molecule has 1 saturated heterocycles. The maximum Gasteiger partial charge on any atom is 0.239 e. The Morgan fingerprint density at radius 2 is 1.72 bits per heavy atom. The predicted octanol–water partition coefficient (Wildman–Crippen LogP) is 1.93. The van der Waals surface area contributed by atoms with Gasteiger partial charge in [-0.25, -0.2) is 8.42 Å². The smallest absolute Gasteiger partial charge is 0.239 e. The summed E-state index contributed by atoms with van der Waals surface area (Å²) in [6.07, 6.45) is 1.58. The Morgan fingerprint density at radius 3 is 2.34 bits per heavy atom. The third kappa shape index (κ3) is 5.85. The van der Waals surface area contributed by atoms with Crippen LogP contribution < -0.4 is 15.4 Å². The Hall–Kier alpha value is -2.29. The van der Waals surface area contributed by atoms with Crippen LogP contribution in [-0.2, 0) is 21.2 Å². The summed E-state index contributed by atoms with van der Waals surface area (Å²) < 4.78 is 25.8. The molecule has 0 bridgehead atoms. The van der Waals surface area contributed by atoms with Crippen molar-refractivity contribution in [1.29, 1.82) is 0 Å². The van der Waals surface area contributed by atoms with Gasteiger partial charge in [-0.1, -0.05) is 35.9 Å². The SMILES string of the molecule is CS(=O)(=O)Nc1ccccc1N1CCN(C(=O)[C@H](N)Cc2ccc(Cl)cc2)CC1. The zero-order valence-electron chi connectivity index (χ0n) is 16.2. The summed E-state index contributed by atoms with van der Waals surface area (Å²) in [4.78, 5) is 16.6. The summed E-state index contributed by atoms with van der Waals surface area (Å²) in [5, 5.41) is 0.649. The zero-order valence-corrected chi connectivity index (χ0v) is 17.8. The van der Waals surface area contributed by atoms with E-state index >= 15 is 0 Å². The molecule has 0 aliphatic carbocycles. The third-order valence-electron chi connectivity index (χ3n) is 4.82. The minimum absolute atomic E-state index is 0.0813. The number of carbonyl (C=O) groups is 1. The molecule has 0 aromatic heterocycles. The fourth-order valence-corrected chi connectivity index (χ4v) is 4.10. The van der Waals surface area contributed by atoms with Crippen LogP contribution in [0.15, 0.2) is 48.5 Å². The number of nitrogens with zero attached hydrogens (tertiary/aromatic N) is 2. The highest BCUT2D eigenvalue weighted by Gasteiger charge is 2.26. The Balaban J connectivity index is 1.60. The van der Waals surface area contributed by atoms with E-state index < -0.39 is 16.1 Å². The summed E-state index contributed by atoms with van der Waals surface area (Å²) >= 11 is 5.89. The summed E-state index contributed by atoms with van der Waals surface area (Å²) in [6.45, 7) is 2.25. The quantitative estimate of drug-likeness (QED) is 0.721. The molecule has 3 N–H and O–H groups in total. The second-order valence-electron chi connectivity index (χ2n) is 7.14. The third-order valence-corrected chi connectivity index (χ3v) is 5.66. The lowest BCUT2D eigenvalue weighted by atomic mass is 10.1. The second kappa shape index (κ2) is 9.02. The highest BCUT2D eigenvalue weighted by atomic mass is 35.5. The van der Waals surface area contributed by atoms with Crippen molar-refractivity contribution < 1.29 is 13.2 Å². The van der Waals surface area contributed by atoms with Crippen molar-refractivity contribution in [1.82, 2.24) is 4.90 Å². The van der Waals surface area contributed by atoms with E-state index in [4.69, 9.17) is 17.3 Å². The van der Waals surface area contributed by atoms with Gasteiger partial charge in [-0.3, -0.25) is 9.52 Å². The van der Waals surface area contributed by atoms with Gasteiger partial charge in [0, 0.05) is 31.2 Å². The molecule has 1 atom stereocenters. The molecule has 1 aliphatic rings. The van der Waals surface area contributed by atoms with E-state index in [1.807, 2.05) is 24.3 Å². The van der Waals surface area contributed by atoms with Crippen molar-refractivity contribution in [2.45, 2.75) is 12.5 Å². The standard InChI is InChI=1S/C20H25ClN4O3S/c1-29(27,28)23-18-4-2-3-5-19(18)24-10-12-25(13-11-24)20(26)17(22)14-15-6-8-16(21)9-7-15/h2-9,17,23H,10-14,22H2,1H3/t17-/m1/s1. The predicted molar refractivity (Wildman–Crippen MR) is 117 cm³/mol. The summed E-state index contributed by atoms with van der Waals surface area (Å²) in [7, 11) is -3.37. The van der Waals surface area contributed by atoms with E-state index in [0.29, 0.717) is 43.3 Å². The van der Waals surface area contributed by atoms with Crippen LogP contribution in [0.2, 0.25) is 5.02 Å². The van der Waals surface area contributed by atoms with Crippen molar-refractivity contribution in [2.24, 2.45) is 5.73 Å². The molecule has 0 spiro atoms. The normalized spacial score (nSPS) is 15.8. The number of hydrogen-bond acceptors (Lipinski definition) is 5. The van der Waals surface area contributed by atoms with Crippen LogP contribution in [0, 0.1) is 0 Å². The van der Waals surface area contributed by atoms with Gasteiger partial charge in [0.25, 0.3) is 0 Å². The van der Waals surface area contributed by atoms with E-state index in [9.17, 15) is 13.2 Å². The van der Waals surface area contributed by atoms with Gasteiger partial charge in [-0.15, -0.1) is 0 Å². The average molecular weight is 437 g/mol. The molecule has 1 aliphatic heterocycles. The van der Waals surface area contributed by atoms with Crippen LogP contribution in [0.1, 0.15) is 5.56 Å². The number of piperazine rings is 1. The van der Waals surface area contributed by atoms with Crippen LogP contribution in [0.25, 0.3) is 0 Å². The van der Waals surface area contributed by atoms with E-state index in [2.05, 4.69) is 9.62 Å². The van der Waals surface area contributed by atoms with E-state index in [-0.39, 0.29) is 5.91 Å². The summed E-state index contributed by atoms with van der Waals surface area (Å²) in [5.41, 5.74) is 8.45. The average Bonchev–Trinajstić information content (AvgIpc) is 2.68. The van der Waals surface area contributed by atoms with Crippen molar-refractivity contribution in [3.63, 3.8) is 0 Å². The van der Waals surface area contributed by atoms with Gasteiger partial charge in [0.15, 0.2) is 0 Å². The molecule has 156 valence electrons. The van der Waals surface area contributed by atoms with Gasteiger partial charge in [-0.05, 0) is 36.2 Å². The number of nitrogens with one attached hydrogen (secondary N) is 1. The van der Waals surface area contributed by atoms with Gasteiger partial charge < -0.3 is 15.5 Å². The first-order valence-electron chi connectivity index (χ1n) is 9.33. The molecule has 1 heterocycles. The Kier molecular flexibility index (Phi) is 6.66. The second-order valence-corrected chi connectivity index (χ2v) is 9.33. The lowest BCUT2D eigenvalue weighted by Crippen LogP contribution is -2.53. The summed E-state index contributed by atoms with van der Waals surface area (Å²) in [6, 6.07) is 14.0. The lowest BCUT2D eigenvalue weighted by Gasteiger charge is -2.37. The van der Waals surface area contributed by atoms with Gasteiger partial charge in [0.2, 0.25) is 15.9 Å². The minimum Gasteiger partial charge on any atom is -0.366 e. The van der Waals surface area contributed by atoms with Crippen molar-refractivity contribution in [2.75, 3.05) is 42.1 Å². The van der Waals surface area contributed by atoms with Crippen molar-refractivity contribution in [3.05, 3.63) is 59.1 Å². The maximum absolute atomic E-state index is 12.7. The first-order valence-corrected chi connectivity index (χ1v) is 11.6. The molecular weight excluding hydrogens is 412 g/mol. The van der Waals surface area contributed by atoms with Crippen molar-refractivity contribution >= 4 is 38.9 Å². The van der Waals surface area contributed by atoms with Crippen LogP contribution in [0.4, 0.5) is 11.4 Å². The molecule has 1 amide bonds. The number of amides is 1.